The van der Waals surface area contributed by atoms with Crippen molar-refractivity contribution in [2.45, 2.75) is 39.2 Å². The molecule has 0 bridgehead atoms. The van der Waals surface area contributed by atoms with Crippen molar-refractivity contribution < 1.29 is 9.90 Å². The summed E-state index contributed by atoms with van der Waals surface area (Å²) in [6, 6.07) is 3.83. The highest BCUT2D eigenvalue weighted by Gasteiger charge is 2.38. The van der Waals surface area contributed by atoms with Crippen LogP contribution in [0, 0.1) is 11.3 Å². The Labute approximate surface area is 100 Å². The van der Waals surface area contributed by atoms with Crippen LogP contribution in [0.5, 0.6) is 0 Å². The number of ketones is 1. The molecule has 1 fully saturated rings. The van der Waals surface area contributed by atoms with Gasteiger partial charge in [-0.2, -0.15) is 0 Å². The van der Waals surface area contributed by atoms with E-state index in [4.69, 9.17) is 0 Å². The monoisotopic (exact) mass is 238 g/mol. The van der Waals surface area contributed by atoms with Crippen LogP contribution in [0.1, 0.15) is 44.1 Å². The average molecular weight is 238 g/mol. The van der Waals surface area contributed by atoms with Crippen molar-refractivity contribution in [3.63, 3.8) is 0 Å². The molecule has 0 saturated heterocycles. The van der Waals surface area contributed by atoms with Crippen molar-refractivity contribution in [1.82, 2.24) is 0 Å². The molecule has 2 rings (SSSR count). The number of carbonyl (C=O) groups is 1. The Kier molecular flexibility index (Phi) is 3.17. The predicted molar refractivity (Wildman–Crippen MR) is 65.4 cm³/mol. The maximum atomic E-state index is 11.9. The topological polar surface area (TPSA) is 37.3 Å². The van der Waals surface area contributed by atoms with Gasteiger partial charge in [-0.1, -0.05) is 19.9 Å². The van der Waals surface area contributed by atoms with Gasteiger partial charge < -0.3 is 5.11 Å². The maximum absolute atomic E-state index is 11.9. The van der Waals surface area contributed by atoms with E-state index in [1.165, 1.54) is 11.3 Å². The molecule has 1 aliphatic carbocycles. The number of Topliss-reactive ketones (excluding diaryl/α,β-unsaturated/α-hetero) is 1. The first-order valence-electron chi connectivity index (χ1n) is 5.74. The highest BCUT2D eigenvalue weighted by Crippen LogP contribution is 2.42. The Morgan fingerprint density at radius 2 is 2.31 bits per heavy atom. The molecule has 88 valence electrons. The summed E-state index contributed by atoms with van der Waals surface area (Å²) in [6.07, 6.45) is 1.75. The van der Waals surface area contributed by atoms with Gasteiger partial charge in [0.1, 0.15) is 5.78 Å². The SMILES string of the molecule is CC1(C)CCC(=O)[C@@H]([C@@H](O)c2cccs2)C1. The summed E-state index contributed by atoms with van der Waals surface area (Å²) in [6.45, 7) is 4.35. The fraction of sp³-hybridized carbons (Fsp3) is 0.615. The summed E-state index contributed by atoms with van der Waals surface area (Å²) in [7, 11) is 0. The molecule has 0 unspecified atom stereocenters. The fourth-order valence-electron chi connectivity index (χ4n) is 2.40. The van der Waals surface area contributed by atoms with Gasteiger partial charge in [-0.3, -0.25) is 4.79 Å². The fourth-order valence-corrected chi connectivity index (χ4v) is 3.18. The van der Waals surface area contributed by atoms with Gasteiger partial charge in [0.05, 0.1) is 6.10 Å². The van der Waals surface area contributed by atoms with E-state index in [2.05, 4.69) is 13.8 Å². The molecule has 0 amide bonds. The summed E-state index contributed by atoms with van der Waals surface area (Å²) in [5.74, 6) is 0.0163. The molecule has 1 N–H and O–H groups in total. The first kappa shape index (κ1) is 11.8. The van der Waals surface area contributed by atoms with Crippen LogP contribution in [0.15, 0.2) is 17.5 Å². The molecular weight excluding hydrogens is 220 g/mol. The lowest BCUT2D eigenvalue weighted by Gasteiger charge is -2.36. The van der Waals surface area contributed by atoms with Crippen LogP contribution in [0.2, 0.25) is 0 Å². The Bertz CT molecular complexity index is 367. The van der Waals surface area contributed by atoms with Crippen molar-refractivity contribution in [2.75, 3.05) is 0 Å². The molecule has 0 radical (unpaired) electrons. The third-order valence-electron chi connectivity index (χ3n) is 3.45. The summed E-state index contributed by atoms with van der Waals surface area (Å²) >= 11 is 1.52. The van der Waals surface area contributed by atoms with E-state index in [-0.39, 0.29) is 17.1 Å². The zero-order chi connectivity index (χ0) is 11.8. The van der Waals surface area contributed by atoms with Gasteiger partial charge in [-0.05, 0) is 29.7 Å². The number of aliphatic hydroxyl groups is 1. The second-order valence-corrected chi connectivity index (χ2v) is 6.38. The van der Waals surface area contributed by atoms with Crippen molar-refractivity contribution >= 4 is 17.1 Å². The molecule has 1 aliphatic rings. The zero-order valence-corrected chi connectivity index (χ0v) is 10.6. The van der Waals surface area contributed by atoms with E-state index in [1.54, 1.807) is 0 Å². The largest absolute Gasteiger partial charge is 0.387 e. The molecule has 1 aromatic heterocycles. The predicted octanol–water partition coefficient (Wildman–Crippen LogP) is 3.18. The molecule has 0 aromatic carbocycles. The molecule has 3 heteroatoms. The molecule has 1 aromatic rings. The molecule has 2 atom stereocenters. The minimum atomic E-state index is -0.605. The standard InChI is InChI=1S/C13H18O2S/c1-13(2)6-5-10(14)9(8-13)12(15)11-4-3-7-16-11/h3-4,7,9,12,15H,5-6,8H2,1-2H3/t9-,12+/m0/s1. The van der Waals surface area contributed by atoms with Crippen LogP contribution >= 0.6 is 11.3 Å². The van der Waals surface area contributed by atoms with Gasteiger partial charge in [0, 0.05) is 17.2 Å². The summed E-state index contributed by atoms with van der Waals surface area (Å²) in [5, 5.41) is 12.2. The maximum Gasteiger partial charge on any atom is 0.138 e. The van der Waals surface area contributed by atoms with Crippen molar-refractivity contribution in [3.8, 4) is 0 Å². The second kappa shape index (κ2) is 4.30. The van der Waals surface area contributed by atoms with E-state index in [0.29, 0.717) is 6.42 Å². The molecular formula is C13H18O2S. The third kappa shape index (κ3) is 2.36. The van der Waals surface area contributed by atoms with Crippen molar-refractivity contribution in [1.29, 1.82) is 0 Å². The summed E-state index contributed by atoms with van der Waals surface area (Å²) in [4.78, 5) is 12.8. The lowest BCUT2D eigenvalue weighted by molar-refractivity contribution is -0.131. The second-order valence-electron chi connectivity index (χ2n) is 5.40. The van der Waals surface area contributed by atoms with Crippen LogP contribution in [0.4, 0.5) is 0 Å². The molecule has 1 heterocycles. The van der Waals surface area contributed by atoms with Crippen molar-refractivity contribution in [2.24, 2.45) is 11.3 Å². The summed E-state index contributed by atoms with van der Waals surface area (Å²) < 4.78 is 0. The lowest BCUT2D eigenvalue weighted by atomic mass is 9.70. The third-order valence-corrected chi connectivity index (χ3v) is 4.39. The quantitative estimate of drug-likeness (QED) is 0.859. The molecule has 0 aliphatic heterocycles. The molecule has 0 spiro atoms. The first-order valence-corrected chi connectivity index (χ1v) is 6.62. The lowest BCUT2D eigenvalue weighted by Crippen LogP contribution is -2.33. The van der Waals surface area contributed by atoms with Gasteiger partial charge in [-0.25, -0.2) is 0 Å². The van der Waals surface area contributed by atoms with Gasteiger partial charge in [-0.15, -0.1) is 11.3 Å². The number of thiophene rings is 1. The highest BCUT2D eigenvalue weighted by molar-refractivity contribution is 7.10. The van der Waals surface area contributed by atoms with Gasteiger partial charge in [0.25, 0.3) is 0 Å². The first-order chi connectivity index (χ1) is 7.49. The minimum Gasteiger partial charge on any atom is -0.387 e. The number of hydrogen-bond donors (Lipinski definition) is 1. The Morgan fingerprint density at radius 1 is 1.56 bits per heavy atom. The van der Waals surface area contributed by atoms with Gasteiger partial charge in [0.15, 0.2) is 0 Å². The van der Waals surface area contributed by atoms with Crippen LogP contribution in [-0.4, -0.2) is 10.9 Å². The van der Waals surface area contributed by atoms with E-state index >= 15 is 0 Å². The smallest absolute Gasteiger partial charge is 0.138 e. The van der Waals surface area contributed by atoms with Gasteiger partial charge >= 0.3 is 0 Å². The van der Waals surface area contributed by atoms with Crippen LogP contribution < -0.4 is 0 Å². The number of aliphatic hydroxyl groups excluding tert-OH is 1. The Morgan fingerprint density at radius 3 is 2.94 bits per heavy atom. The Balaban J connectivity index is 2.16. The molecule has 1 saturated carbocycles. The number of carbonyl (C=O) groups excluding carboxylic acids is 1. The van der Waals surface area contributed by atoms with E-state index in [0.717, 1.165) is 17.7 Å². The number of hydrogen-bond acceptors (Lipinski definition) is 3. The van der Waals surface area contributed by atoms with Crippen LogP contribution in [0.25, 0.3) is 0 Å². The van der Waals surface area contributed by atoms with Crippen LogP contribution in [-0.2, 0) is 4.79 Å². The molecule has 16 heavy (non-hydrogen) atoms. The summed E-state index contributed by atoms with van der Waals surface area (Å²) in [5.41, 5.74) is 0.177. The van der Waals surface area contributed by atoms with E-state index < -0.39 is 6.10 Å². The van der Waals surface area contributed by atoms with E-state index in [9.17, 15) is 9.90 Å². The minimum absolute atomic E-state index is 0.177. The van der Waals surface area contributed by atoms with Crippen molar-refractivity contribution in [3.05, 3.63) is 22.4 Å². The normalized spacial score (nSPS) is 26.7. The molecule has 2 nitrogen and oxygen atoms in total. The Hall–Kier alpha value is -0.670. The average Bonchev–Trinajstić information content (AvgIpc) is 2.74. The number of rotatable bonds is 2. The zero-order valence-electron chi connectivity index (χ0n) is 9.77. The van der Waals surface area contributed by atoms with Gasteiger partial charge in [0.2, 0.25) is 0 Å². The van der Waals surface area contributed by atoms with Crippen LogP contribution in [0.3, 0.4) is 0 Å². The van der Waals surface area contributed by atoms with E-state index in [1.807, 2.05) is 17.5 Å². The highest BCUT2D eigenvalue weighted by atomic mass is 32.1.